The van der Waals surface area contributed by atoms with Crippen molar-refractivity contribution < 1.29 is 4.79 Å². The molecule has 1 aliphatic heterocycles. The van der Waals surface area contributed by atoms with Crippen LogP contribution in [-0.2, 0) is 17.8 Å². The fraction of sp³-hybridized carbons (Fsp3) is 0.417. The quantitative estimate of drug-likeness (QED) is 0.659. The molecular formula is C12H15NO. The number of nitrogens with zero attached hydrogens (tertiary/aromatic N) is 1. The molecule has 0 radical (unpaired) electrons. The average Bonchev–Trinajstić information content (AvgIpc) is 2.40. The van der Waals surface area contributed by atoms with E-state index in [1.54, 1.807) is 0 Å². The first-order valence-electron chi connectivity index (χ1n) is 5.13. The lowest BCUT2D eigenvalue weighted by Crippen LogP contribution is -2.25. The van der Waals surface area contributed by atoms with Gasteiger partial charge in [0.25, 0.3) is 0 Å². The summed E-state index contributed by atoms with van der Waals surface area (Å²) in [4.78, 5) is 12.7. The van der Waals surface area contributed by atoms with E-state index in [0.717, 1.165) is 32.2 Å². The zero-order chi connectivity index (χ0) is 9.80. The van der Waals surface area contributed by atoms with Gasteiger partial charge in [0.2, 0.25) is 0 Å². The molecule has 0 spiro atoms. The monoisotopic (exact) mass is 189 g/mol. The average molecular weight is 189 g/mol. The normalized spacial score (nSPS) is 17.1. The van der Waals surface area contributed by atoms with Crippen molar-refractivity contribution in [3.63, 3.8) is 0 Å². The molecule has 2 nitrogen and oxygen atoms in total. The molecule has 0 saturated heterocycles. The minimum absolute atomic E-state index is 0.564. The van der Waals surface area contributed by atoms with Crippen LogP contribution in [0.15, 0.2) is 24.3 Å². The van der Waals surface area contributed by atoms with E-state index in [2.05, 4.69) is 29.2 Å². The molecule has 74 valence electrons. The number of benzene rings is 1. The third-order valence-corrected chi connectivity index (χ3v) is 2.77. The molecule has 2 heteroatoms. The summed E-state index contributed by atoms with van der Waals surface area (Å²) < 4.78 is 0. The number of rotatable bonds is 2. The molecule has 0 saturated carbocycles. The maximum Gasteiger partial charge on any atom is 0.133 e. The lowest BCUT2D eigenvalue weighted by Gasteiger charge is -2.16. The SMILES string of the molecule is O=CCN1CCCc2ccccc2C1. The van der Waals surface area contributed by atoms with E-state index in [9.17, 15) is 4.79 Å². The Labute approximate surface area is 84.5 Å². The highest BCUT2D eigenvalue weighted by atomic mass is 16.1. The first-order chi connectivity index (χ1) is 6.90. The number of carbonyl (C=O) groups is 1. The van der Waals surface area contributed by atoms with E-state index >= 15 is 0 Å². The summed E-state index contributed by atoms with van der Waals surface area (Å²) >= 11 is 0. The van der Waals surface area contributed by atoms with E-state index in [-0.39, 0.29) is 0 Å². The van der Waals surface area contributed by atoms with Gasteiger partial charge in [-0.2, -0.15) is 0 Å². The van der Waals surface area contributed by atoms with Crippen LogP contribution in [0.25, 0.3) is 0 Å². The molecule has 1 aliphatic rings. The van der Waals surface area contributed by atoms with Crippen molar-refractivity contribution >= 4 is 6.29 Å². The first kappa shape index (κ1) is 9.41. The maximum absolute atomic E-state index is 10.5. The fourth-order valence-corrected chi connectivity index (χ4v) is 2.03. The van der Waals surface area contributed by atoms with Crippen LogP contribution in [0.1, 0.15) is 17.5 Å². The molecular weight excluding hydrogens is 174 g/mol. The Kier molecular flexibility index (Phi) is 2.94. The number of aryl methyl sites for hydroxylation is 1. The van der Waals surface area contributed by atoms with Gasteiger partial charge in [0, 0.05) is 6.54 Å². The summed E-state index contributed by atoms with van der Waals surface area (Å²) in [5, 5.41) is 0. The number of fused-ring (bicyclic) bond motifs is 1. The molecule has 2 rings (SSSR count). The highest BCUT2D eigenvalue weighted by molar-refractivity contribution is 5.52. The van der Waals surface area contributed by atoms with Crippen molar-refractivity contribution in [1.29, 1.82) is 0 Å². The molecule has 0 unspecified atom stereocenters. The van der Waals surface area contributed by atoms with Crippen LogP contribution < -0.4 is 0 Å². The third-order valence-electron chi connectivity index (χ3n) is 2.77. The Morgan fingerprint density at radius 3 is 2.86 bits per heavy atom. The lowest BCUT2D eigenvalue weighted by atomic mass is 10.0. The molecule has 14 heavy (non-hydrogen) atoms. The van der Waals surface area contributed by atoms with Crippen LogP contribution in [0.5, 0.6) is 0 Å². The number of aldehydes is 1. The Balaban J connectivity index is 2.17. The fourth-order valence-electron chi connectivity index (χ4n) is 2.03. The minimum atomic E-state index is 0.564. The topological polar surface area (TPSA) is 20.3 Å². The zero-order valence-electron chi connectivity index (χ0n) is 8.28. The molecule has 0 amide bonds. The molecule has 1 aromatic carbocycles. The second kappa shape index (κ2) is 4.38. The summed E-state index contributed by atoms with van der Waals surface area (Å²) in [5.41, 5.74) is 2.83. The van der Waals surface area contributed by atoms with Gasteiger partial charge in [-0.05, 0) is 30.5 Å². The highest BCUT2D eigenvalue weighted by Gasteiger charge is 2.12. The largest absolute Gasteiger partial charge is 0.302 e. The van der Waals surface area contributed by atoms with E-state index < -0.39 is 0 Å². The van der Waals surface area contributed by atoms with Crippen molar-refractivity contribution in [3.8, 4) is 0 Å². The van der Waals surface area contributed by atoms with E-state index in [4.69, 9.17) is 0 Å². The molecule has 0 N–H and O–H groups in total. The summed E-state index contributed by atoms with van der Waals surface area (Å²) in [6.07, 6.45) is 3.30. The van der Waals surface area contributed by atoms with Gasteiger partial charge in [0.1, 0.15) is 6.29 Å². The van der Waals surface area contributed by atoms with Crippen LogP contribution in [0.2, 0.25) is 0 Å². The van der Waals surface area contributed by atoms with Crippen molar-refractivity contribution in [1.82, 2.24) is 4.90 Å². The Bertz CT molecular complexity index is 322. The van der Waals surface area contributed by atoms with Crippen molar-refractivity contribution in [2.75, 3.05) is 13.1 Å². The molecule has 0 aliphatic carbocycles. The van der Waals surface area contributed by atoms with Gasteiger partial charge in [-0.15, -0.1) is 0 Å². The summed E-state index contributed by atoms with van der Waals surface area (Å²) in [6.45, 7) is 2.52. The standard InChI is InChI=1S/C12H15NO/c14-9-8-13-7-3-6-11-4-1-2-5-12(11)10-13/h1-2,4-5,9H,3,6-8,10H2. The molecule has 0 atom stereocenters. The summed E-state index contributed by atoms with van der Waals surface area (Å²) in [5.74, 6) is 0. The molecule has 0 bridgehead atoms. The van der Waals surface area contributed by atoms with Gasteiger partial charge in [-0.3, -0.25) is 4.90 Å². The van der Waals surface area contributed by atoms with Crippen LogP contribution in [0, 0.1) is 0 Å². The Morgan fingerprint density at radius 1 is 1.29 bits per heavy atom. The van der Waals surface area contributed by atoms with Crippen LogP contribution >= 0.6 is 0 Å². The number of hydrogen-bond donors (Lipinski definition) is 0. The van der Waals surface area contributed by atoms with E-state index in [0.29, 0.717) is 6.54 Å². The molecule has 0 aromatic heterocycles. The van der Waals surface area contributed by atoms with Crippen molar-refractivity contribution in [2.45, 2.75) is 19.4 Å². The second-order valence-corrected chi connectivity index (χ2v) is 3.77. The predicted molar refractivity (Wildman–Crippen MR) is 56.1 cm³/mol. The first-order valence-corrected chi connectivity index (χ1v) is 5.13. The molecule has 1 heterocycles. The lowest BCUT2D eigenvalue weighted by molar-refractivity contribution is -0.109. The third kappa shape index (κ3) is 2.02. The van der Waals surface area contributed by atoms with Crippen LogP contribution in [-0.4, -0.2) is 24.3 Å². The number of hydrogen-bond acceptors (Lipinski definition) is 2. The smallest absolute Gasteiger partial charge is 0.133 e. The highest BCUT2D eigenvalue weighted by Crippen LogP contribution is 2.17. The Morgan fingerprint density at radius 2 is 2.07 bits per heavy atom. The minimum Gasteiger partial charge on any atom is -0.302 e. The van der Waals surface area contributed by atoms with Gasteiger partial charge in [0.05, 0.1) is 6.54 Å². The van der Waals surface area contributed by atoms with E-state index in [1.165, 1.54) is 11.1 Å². The molecule has 0 fully saturated rings. The van der Waals surface area contributed by atoms with Gasteiger partial charge >= 0.3 is 0 Å². The predicted octanol–water partition coefficient (Wildman–Crippen LogP) is 1.63. The van der Waals surface area contributed by atoms with Crippen LogP contribution in [0.4, 0.5) is 0 Å². The van der Waals surface area contributed by atoms with Gasteiger partial charge < -0.3 is 4.79 Å². The van der Waals surface area contributed by atoms with Gasteiger partial charge in [-0.1, -0.05) is 24.3 Å². The maximum atomic E-state index is 10.5. The van der Waals surface area contributed by atoms with Crippen molar-refractivity contribution in [2.24, 2.45) is 0 Å². The van der Waals surface area contributed by atoms with Gasteiger partial charge in [-0.25, -0.2) is 0 Å². The molecule has 1 aromatic rings. The van der Waals surface area contributed by atoms with Gasteiger partial charge in [0.15, 0.2) is 0 Å². The van der Waals surface area contributed by atoms with Crippen LogP contribution in [0.3, 0.4) is 0 Å². The number of carbonyl (C=O) groups excluding carboxylic acids is 1. The Hall–Kier alpha value is -1.15. The van der Waals surface area contributed by atoms with Crippen molar-refractivity contribution in [3.05, 3.63) is 35.4 Å². The summed E-state index contributed by atoms with van der Waals surface area (Å²) in [6, 6.07) is 8.52. The second-order valence-electron chi connectivity index (χ2n) is 3.77. The zero-order valence-corrected chi connectivity index (χ0v) is 8.28. The summed E-state index contributed by atoms with van der Waals surface area (Å²) in [7, 11) is 0. The van der Waals surface area contributed by atoms with E-state index in [1.807, 2.05) is 0 Å².